The standard InChI is InChI=1S/C22H23N3O3S/c26-22(21-11-6-13-25(21)29(27,28)16-7-2-1-3-8-16)24-14-12-20-18(15-24)17-9-4-5-10-19(17)23-20/h1-5,7-10,21,23H,6,11-15H2. The highest BCUT2D eigenvalue weighted by atomic mass is 32.2. The third-order valence-corrected chi connectivity index (χ3v) is 7.96. The van der Waals surface area contributed by atoms with Gasteiger partial charge in [-0.25, -0.2) is 8.42 Å². The quantitative estimate of drug-likeness (QED) is 0.723. The summed E-state index contributed by atoms with van der Waals surface area (Å²) in [6.45, 7) is 1.52. The lowest BCUT2D eigenvalue weighted by atomic mass is 10.0. The molecular formula is C22H23N3O3S. The Morgan fingerprint density at radius 3 is 2.59 bits per heavy atom. The summed E-state index contributed by atoms with van der Waals surface area (Å²) in [7, 11) is -3.68. The molecule has 1 N–H and O–H groups in total. The van der Waals surface area contributed by atoms with Crippen molar-refractivity contribution >= 4 is 26.8 Å². The number of para-hydroxylation sites is 1. The maximum absolute atomic E-state index is 13.4. The van der Waals surface area contributed by atoms with Gasteiger partial charge >= 0.3 is 0 Å². The summed E-state index contributed by atoms with van der Waals surface area (Å²) in [6, 6.07) is 15.9. The van der Waals surface area contributed by atoms with Crippen molar-refractivity contribution in [3.05, 3.63) is 65.9 Å². The number of aromatic amines is 1. The summed E-state index contributed by atoms with van der Waals surface area (Å²) in [6.07, 6.45) is 2.03. The summed E-state index contributed by atoms with van der Waals surface area (Å²) >= 11 is 0. The number of carbonyl (C=O) groups is 1. The van der Waals surface area contributed by atoms with Crippen LogP contribution in [0.25, 0.3) is 10.9 Å². The van der Waals surface area contributed by atoms with Gasteiger partial charge in [0.1, 0.15) is 6.04 Å². The number of nitrogens with zero attached hydrogens (tertiary/aromatic N) is 2. The molecule has 0 saturated carbocycles. The molecule has 1 aromatic heterocycles. The number of benzene rings is 2. The van der Waals surface area contributed by atoms with Gasteiger partial charge in [0, 0.05) is 48.2 Å². The van der Waals surface area contributed by atoms with E-state index < -0.39 is 16.1 Å². The van der Waals surface area contributed by atoms with Crippen molar-refractivity contribution < 1.29 is 13.2 Å². The molecule has 6 nitrogen and oxygen atoms in total. The van der Waals surface area contributed by atoms with Crippen LogP contribution in [0.2, 0.25) is 0 Å². The van der Waals surface area contributed by atoms with Crippen LogP contribution in [-0.4, -0.2) is 47.6 Å². The highest BCUT2D eigenvalue weighted by Gasteiger charge is 2.41. The van der Waals surface area contributed by atoms with Crippen molar-refractivity contribution in [1.29, 1.82) is 0 Å². The van der Waals surface area contributed by atoms with Crippen LogP contribution in [0.5, 0.6) is 0 Å². The third-order valence-electron chi connectivity index (χ3n) is 6.03. The lowest BCUT2D eigenvalue weighted by Gasteiger charge is -2.32. The fraction of sp³-hybridized carbons (Fsp3) is 0.318. The molecule has 0 radical (unpaired) electrons. The summed E-state index contributed by atoms with van der Waals surface area (Å²) in [5, 5.41) is 1.14. The number of carbonyl (C=O) groups excluding carboxylic acids is 1. The van der Waals surface area contributed by atoms with Crippen LogP contribution in [0.3, 0.4) is 0 Å². The van der Waals surface area contributed by atoms with E-state index in [0.29, 0.717) is 32.5 Å². The molecule has 3 heterocycles. The number of hydrogen-bond donors (Lipinski definition) is 1. The monoisotopic (exact) mass is 409 g/mol. The van der Waals surface area contributed by atoms with Crippen molar-refractivity contribution in [2.24, 2.45) is 0 Å². The van der Waals surface area contributed by atoms with E-state index in [-0.39, 0.29) is 10.8 Å². The van der Waals surface area contributed by atoms with Gasteiger partial charge in [0.05, 0.1) is 4.90 Å². The van der Waals surface area contributed by atoms with E-state index in [1.807, 2.05) is 23.1 Å². The Bertz CT molecular complexity index is 1170. The summed E-state index contributed by atoms with van der Waals surface area (Å²) in [5.74, 6) is -0.0852. The van der Waals surface area contributed by atoms with Crippen molar-refractivity contribution in [3.63, 3.8) is 0 Å². The SMILES string of the molecule is O=C(C1CCCN1S(=O)(=O)c1ccccc1)N1CCc2[nH]c3ccccc3c2C1. The minimum absolute atomic E-state index is 0.0852. The van der Waals surface area contributed by atoms with Gasteiger partial charge < -0.3 is 9.88 Å². The summed E-state index contributed by atoms with van der Waals surface area (Å²) < 4.78 is 27.6. The van der Waals surface area contributed by atoms with Crippen LogP contribution < -0.4 is 0 Å². The molecule has 2 aliphatic rings. The van der Waals surface area contributed by atoms with E-state index in [1.54, 1.807) is 30.3 Å². The van der Waals surface area contributed by atoms with E-state index in [0.717, 1.165) is 22.9 Å². The molecule has 0 spiro atoms. The normalized spacial score (nSPS) is 20.1. The Balaban J connectivity index is 1.42. The molecule has 2 aliphatic heterocycles. The van der Waals surface area contributed by atoms with Gasteiger partial charge in [0.2, 0.25) is 15.9 Å². The number of sulfonamides is 1. The molecule has 29 heavy (non-hydrogen) atoms. The second-order valence-corrected chi connectivity index (χ2v) is 9.61. The maximum atomic E-state index is 13.4. The molecule has 7 heteroatoms. The Labute approximate surface area is 170 Å². The molecule has 1 unspecified atom stereocenters. The van der Waals surface area contributed by atoms with E-state index in [4.69, 9.17) is 0 Å². The Morgan fingerprint density at radius 2 is 1.76 bits per heavy atom. The molecule has 150 valence electrons. The van der Waals surface area contributed by atoms with E-state index >= 15 is 0 Å². The topological polar surface area (TPSA) is 73.5 Å². The first-order valence-electron chi connectivity index (χ1n) is 10.00. The first-order chi connectivity index (χ1) is 14.1. The fourth-order valence-electron chi connectivity index (χ4n) is 4.57. The number of rotatable bonds is 3. The zero-order valence-corrected chi connectivity index (χ0v) is 16.9. The zero-order valence-electron chi connectivity index (χ0n) is 16.0. The molecule has 0 bridgehead atoms. The number of nitrogens with one attached hydrogen (secondary N) is 1. The van der Waals surface area contributed by atoms with Crippen molar-refractivity contribution in [1.82, 2.24) is 14.2 Å². The van der Waals surface area contributed by atoms with Gasteiger partial charge in [-0.3, -0.25) is 4.79 Å². The lowest BCUT2D eigenvalue weighted by molar-refractivity contribution is -0.135. The molecule has 5 rings (SSSR count). The molecule has 0 aliphatic carbocycles. The zero-order chi connectivity index (χ0) is 20.0. The third kappa shape index (κ3) is 3.05. The first kappa shape index (κ1) is 18.4. The predicted molar refractivity (Wildman–Crippen MR) is 111 cm³/mol. The van der Waals surface area contributed by atoms with Gasteiger partial charge in [-0.05, 0) is 31.0 Å². The maximum Gasteiger partial charge on any atom is 0.243 e. The van der Waals surface area contributed by atoms with Crippen molar-refractivity contribution in [3.8, 4) is 0 Å². The van der Waals surface area contributed by atoms with Gasteiger partial charge in [-0.1, -0.05) is 36.4 Å². The van der Waals surface area contributed by atoms with Crippen LogP contribution in [0, 0.1) is 0 Å². The molecule has 1 fully saturated rings. The fourth-order valence-corrected chi connectivity index (χ4v) is 6.24. The number of amides is 1. The Morgan fingerprint density at radius 1 is 1.00 bits per heavy atom. The Hall–Kier alpha value is -2.64. The van der Waals surface area contributed by atoms with Crippen LogP contribution in [0.15, 0.2) is 59.5 Å². The lowest BCUT2D eigenvalue weighted by Crippen LogP contribution is -2.48. The molecule has 1 saturated heterocycles. The van der Waals surface area contributed by atoms with Crippen LogP contribution in [0.1, 0.15) is 24.1 Å². The number of aromatic nitrogens is 1. The van der Waals surface area contributed by atoms with Gasteiger partial charge in [0.15, 0.2) is 0 Å². The van der Waals surface area contributed by atoms with Crippen molar-refractivity contribution in [2.75, 3.05) is 13.1 Å². The summed E-state index contributed by atoms with van der Waals surface area (Å²) in [4.78, 5) is 18.9. The minimum atomic E-state index is -3.68. The van der Waals surface area contributed by atoms with E-state index in [1.165, 1.54) is 10.00 Å². The van der Waals surface area contributed by atoms with Crippen LogP contribution in [0.4, 0.5) is 0 Å². The van der Waals surface area contributed by atoms with Crippen molar-refractivity contribution in [2.45, 2.75) is 36.7 Å². The minimum Gasteiger partial charge on any atom is -0.358 e. The number of hydrogen-bond acceptors (Lipinski definition) is 3. The number of fused-ring (bicyclic) bond motifs is 3. The highest BCUT2D eigenvalue weighted by molar-refractivity contribution is 7.89. The molecule has 1 amide bonds. The van der Waals surface area contributed by atoms with Crippen LogP contribution >= 0.6 is 0 Å². The number of H-pyrrole nitrogens is 1. The van der Waals surface area contributed by atoms with Gasteiger partial charge in [0.25, 0.3) is 0 Å². The largest absolute Gasteiger partial charge is 0.358 e. The molecule has 3 aromatic rings. The van der Waals surface area contributed by atoms with Gasteiger partial charge in [-0.2, -0.15) is 4.31 Å². The van der Waals surface area contributed by atoms with E-state index in [2.05, 4.69) is 11.1 Å². The van der Waals surface area contributed by atoms with Gasteiger partial charge in [-0.15, -0.1) is 0 Å². The second-order valence-electron chi connectivity index (χ2n) is 7.72. The van der Waals surface area contributed by atoms with Crippen LogP contribution in [-0.2, 0) is 27.8 Å². The molecule has 1 atom stereocenters. The Kier molecular flexibility index (Phi) is 4.44. The molecular weight excluding hydrogens is 386 g/mol. The van der Waals surface area contributed by atoms with E-state index in [9.17, 15) is 13.2 Å². The summed E-state index contributed by atoms with van der Waals surface area (Å²) in [5.41, 5.74) is 3.41. The molecule has 2 aromatic carbocycles. The smallest absolute Gasteiger partial charge is 0.243 e. The second kappa shape index (κ2) is 7.00. The highest BCUT2D eigenvalue weighted by Crippen LogP contribution is 2.31. The average Bonchev–Trinajstić information content (AvgIpc) is 3.39. The predicted octanol–water partition coefficient (Wildman–Crippen LogP) is 2.91. The first-order valence-corrected chi connectivity index (χ1v) is 11.4. The average molecular weight is 410 g/mol.